The second-order valence-corrected chi connectivity index (χ2v) is 2.48. The van der Waals surface area contributed by atoms with Crippen LogP contribution in [0.4, 0.5) is 0 Å². The van der Waals surface area contributed by atoms with Gasteiger partial charge in [0.05, 0.1) is 14.2 Å². The van der Waals surface area contributed by atoms with Crippen LogP contribution in [0.5, 0.6) is 0 Å². The van der Waals surface area contributed by atoms with Gasteiger partial charge in [-0.2, -0.15) is 0 Å². The van der Waals surface area contributed by atoms with E-state index >= 15 is 0 Å². The monoisotopic (exact) mass is 202 g/mol. The smallest absolute Gasteiger partial charge is 0.345 e. The molecule has 0 saturated heterocycles. The van der Waals surface area contributed by atoms with E-state index in [1.807, 2.05) is 0 Å². The lowest BCUT2D eigenvalue weighted by atomic mass is 10.1. The molecule has 0 N–H and O–H groups in total. The molecule has 0 spiro atoms. The number of carbonyl (C=O) groups excluding carboxylic acids is 2. The maximum atomic E-state index is 11.4. The molecule has 5 heteroatoms. The van der Waals surface area contributed by atoms with Gasteiger partial charge in [0.15, 0.2) is 5.78 Å². The van der Waals surface area contributed by atoms with Gasteiger partial charge in [0.25, 0.3) is 0 Å². The van der Waals surface area contributed by atoms with Gasteiger partial charge in [-0.05, 0) is 6.92 Å². The minimum absolute atomic E-state index is 0.114. The molecule has 0 rings (SSSR count). The van der Waals surface area contributed by atoms with Crippen molar-refractivity contribution in [3.05, 3.63) is 11.3 Å². The van der Waals surface area contributed by atoms with Crippen molar-refractivity contribution in [2.45, 2.75) is 6.92 Å². The fourth-order valence-corrected chi connectivity index (χ4v) is 0.861. The van der Waals surface area contributed by atoms with Crippen LogP contribution in [0.15, 0.2) is 11.3 Å². The molecular formula is C9H14O5. The number of rotatable bonds is 5. The van der Waals surface area contributed by atoms with Crippen molar-refractivity contribution in [3.8, 4) is 0 Å². The molecule has 0 aliphatic carbocycles. The number of methoxy groups -OCH3 is 3. The summed E-state index contributed by atoms with van der Waals surface area (Å²) in [6, 6.07) is 0. The first-order chi connectivity index (χ1) is 6.58. The Morgan fingerprint density at radius 1 is 1.07 bits per heavy atom. The van der Waals surface area contributed by atoms with Crippen LogP contribution in [-0.4, -0.2) is 39.7 Å². The highest BCUT2D eigenvalue weighted by Crippen LogP contribution is 2.08. The van der Waals surface area contributed by atoms with Crippen molar-refractivity contribution < 1.29 is 23.8 Å². The summed E-state index contributed by atoms with van der Waals surface area (Å²) in [5.41, 5.74) is -0.114. The zero-order valence-corrected chi connectivity index (χ0v) is 8.75. The van der Waals surface area contributed by atoms with E-state index < -0.39 is 11.8 Å². The predicted octanol–water partition coefficient (Wildman–Crippen LogP) is 0.295. The summed E-state index contributed by atoms with van der Waals surface area (Å²) < 4.78 is 13.9. The Kier molecular flexibility index (Phi) is 5.55. The molecule has 0 saturated carbocycles. The summed E-state index contributed by atoms with van der Waals surface area (Å²) in [6.07, 6.45) is 0. The lowest BCUT2D eigenvalue weighted by molar-refractivity contribution is -0.138. The van der Waals surface area contributed by atoms with Gasteiger partial charge in [-0.25, -0.2) is 4.79 Å². The average Bonchev–Trinajstić information content (AvgIpc) is 2.17. The molecule has 0 bridgehead atoms. The fraction of sp³-hybridized carbons (Fsp3) is 0.556. The predicted molar refractivity (Wildman–Crippen MR) is 48.6 cm³/mol. The lowest BCUT2D eigenvalue weighted by Gasteiger charge is -2.07. The number of ketones is 1. The van der Waals surface area contributed by atoms with E-state index in [9.17, 15) is 9.59 Å². The molecule has 0 radical (unpaired) electrons. The molecule has 14 heavy (non-hydrogen) atoms. The van der Waals surface area contributed by atoms with E-state index in [0.717, 1.165) is 0 Å². The van der Waals surface area contributed by atoms with E-state index in [1.165, 1.54) is 28.3 Å². The van der Waals surface area contributed by atoms with Gasteiger partial charge in [-0.1, -0.05) is 0 Å². The average molecular weight is 202 g/mol. The number of allylic oxidation sites excluding steroid dienone is 1. The first-order valence-electron chi connectivity index (χ1n) is 3.93. The van der Waals surface area contributed by atoms with Crippen LogP contribution in [-0.2, 0) is 23.8 Å². The highest BCUT2D eigenvalue weighted by atomic mass is 16.5. The Morgan fingerprint density at radius 3 is 2.00 bits per heavy atom. The maximum absolute atomic E-state index is 11.4. The Balaban J connectivity index is 4.92. The van der Waals surface area contributed by atoms with Crippen LogP contribution in [0.2, 0.25) is 0 Å². The van der Waals surface area contributed by atoms with Gasteiger partial charge >= 0.3 is 5.97 Å². The van der Waals surface area contributed by atoms with E-state index in [0.29, 0.717) is 0 Å². The van der Waals surface area contributed by atoms with E-state index in [1.54, 1.807) is 0 Å². The van der Waals surface area contributed by atoms with Gasteiger partial charge in [0, 0.05) is 7.11 Å². The maximum Gasteiger partial charge on any atom is 0.345 e. The van der Waals surface area contributed by atoms with E-state index in [-0.39, 0.29) is 17.9 Å². The molecule has 0 aliphatic rings. The third kappa shape index (κ3) is 3.18. The van der Waals surface area contributed by atoms with Crippen LogP contribution in [0.1, 0.15) is 6.92 Å². The SMILES string of the molecule is COCC(=O)C(C(=O)OC)=C(C)OC. The lowest BCUT2D eigenvalue weighted by Crippen LogP contribution is -2.20. The zero-order valence-electron chi connectivity index (χ0n) is 8.75. The number of ether oxygens (including phenoxy) is 3. The van der Waals surface area contributed by atoms with Crippen molar-refractivity contribution in [1.82, 2.24) is 0 Å². The van der Waals surface area contributed by atoms with Crippen LogP contribution in [0.3, 0.4) is 0 Å². The zero-order chi connectivity index (χ0) is 11.1. The molecule has 0 aromatic rings. The van der Waals surface area contributed by atoms with Crippen molar-refractivity contribution in [3.63, 3.8) is 0 Å². The van der Waals surface area contributed by atoms with Gasteiger partial charge in [-0.15, -0.1) is 0 Å². The van der Waals surface area contributed by atoms with Gasteiger partial charge < -0.3 is 14.2 Å². The number of hydrogen-bond acceptors (Lipinski definition) is 5. The first-order valence-corrected chi connectivity index (χ1v) is 3.93. The summed E-state index contributed by atoms with van der Waals surface area (Å²) in [5.74, 6) is -0.955. The Hall–Kier alpha value is -1.36. The Labute approximate surface area is 82.6 Å². The van der Waals surface area contributed by atoms with Crippen molar-refractivity contribution in [2.75, 3.05) is 27.9 Å². The third-order valence-electron chi connectivity index (χ3n) is 1.60. The topological polar surface area (TPSA) is 61.8 Å². The molecule has 0 fully saturated rings. The fourth-order valence-electron chi connectivity index (χ4n) is 0.861. The van der Waals surface area contributed by atoms with Gasteiger partial charge in [0.1, 0.15) is 17.9 Å². The first kappa shape index (κ1) is 12.6. The quantitative estimate of drug-likeness (QED) is 0.211. The number of Topliss-reactive ketones (excluding diaryl/α,β-unsaturated/α-hetero) is 1. The number of carbonyl (C=O) groups is 2. The van der Waals surface area contributed by atoms with E-state index in [2.05, 4.69) is 9.47 Å². The minimum Gasteiger partial charge on any atom is -0.500 e. The second-order valence-electron chi connectivity index (χ2n) is 2.48. The second kappa shape index (κ2) is 6.15. The van der Waals surface area contributed by atoms with Crippen LogP contribution in [0, 0.1) is 0 Å². The van der Waals surface area contributed by atoms with Crippen LogP contribution in [0.25, 0.3) is 0 Å². The van der Waals surface area contributed by atoms with Gasteiger partial charge in [0.2, 0.25) is 0 Å². The molecule has 0 atom stereocenters. The summed E-state index contributed by atoms with van der Waals surface area (Å²) in [6.45, 7) is 1.34. The molecule has 0 aliphatic heterocycles. The molecule has 0 unspecified atom stereocenters. The molecule has 0 amide bonds. The van der Waals surface area contributed by atoms with Crippen molar-refractivity contribution >= 4 is 11.8 Å². The van der Waals surface area contributed by atoms with E-state index in [4.69, 9.17) is 4.74 Å². The summed E-state index contributed by atoms with van der Waals surface area (Å²) in [4.78, 5) is 22.6. The summed E-state index contributed by atoms with van der Waals surface area (Å²) in [7, 11) is 3.94. The Bertz CT molecular complexity index is 254. The highest BCUT2D eigenvalue weighted by Gasteiger charge is 2.22. The number of esters is 1. The normalized spacial score (nSPS) is 11.7. The summed E-state index contributed by atoms with van der Waals surface area (Å²) in [5, 5.41) is 0. The molecule has 80 valence electrons. The molecule has 0 aromatic heterocycles. The third-order valence-corrected chi connectivity index (χ3v) is 1.60. The molecule has 5 nitrogen and oxygen atoms in total. The van der Waals surface area contributed by atoms with Crippen LogP contribution < -0.4 is 0 Å². The largest absolute Gasteiger partial charge is 0.500 e. The molecule has 0 heterocycles. The molecular weight excluding hydrogens is 188 g/mol. The number of hydrogen-bond donors (Lipinski definition) is 0. The van der Waals surface area contributed by atoms with Crippen LogP contribution >= 0.6 is 0 Å². The standard InChI is InChI=1S/C9H14O5/c1-6(13-3)8(9(11)14-4)7(10)5-12-2/h5H2,1-4H3. The Morgan fingerprint density at radius 2 is 1.64 bits per heavy atom. The van der Waals surface area contributed by atoms with Crippen molar-refractivity contribution in [2.24, 2.45) is 0 Å². The molecule has 0 aromatic carbocycles. The summed E-state index contributed by atoms with van der Waals surface area (Å²) >= 11 is 0. The highest BCUT2D eigenvalue weighted by molar-refractivity contribution is 6.18. The minimum atomic E-state index is -0.716. The van der Waals surface area contributed by atoms with Gasteiger partial charge in [-0.3, -0.25) is 4.79 Å². The van der Waals surface area contributed by atoms with Crippen molar-refractivity contribution in [1.29, 1.82) is 0 Å².